The first-order valence-corrected chi connectivity index (χ1v) is 3.77. The van der Waals surface area contributed by atoms with Crippen LogP contribution in [0.15, 0.2) is 18.2 Å². The maximum absolute atomic E-state index is 11.0. The maximum Gasteiger partial charge on any atom is 0.255 e. The van der Waals surface area contributed by atoms with Gasteiger partial charge in [-0.2, -0.15) is 10.3 Å². The van der Waals surface area contributed by atoms with Gasteiger partial charge in [-0.05, 0) is 23.8 Å². The lowest BCUT2D eigenvalue weighted by atomic mass is 10.1. The van der Waals surface area contributed by atoms with Crippen LogP contribution in [0.3, 0.4) is 0 Å². The molecule has 1 aromatic carbocycles. The van der Waals surface area contributed by atoms with Crippen LogP contribution in [-0.4, -0.2) is 11.1 Å². The van der Waals surface area contributed by atoms with E-state index in [9.17, 15) is 10.0 Å². The second-order valence-corrected chi connectivity index (χ2v) is 2.84. The summed E-state index contributed by atoms with van der Waals surface area (Å²) in [5.41, 5.74) is 1.68. The number of hydroxylamine groups is 1. The maximum atomic E-state index is 11.0. The molecular formula is C9H6N2O2. The van der Waals surface area contributed by atoms with Gasteiger partial charge < -0.3 is 0 Å². The summed E-state index contributed by atoms with van der Waals surface area (Å²) in [7, 11) is 0. The van der Waals surface area contributed by atoms with Crippen LogP contribution >= 0.6 is 0 Å². The quantitative estimate of drug-likeness (QED) is 0.592. The van der Waals surface area contributed by atoms with Crippen molar-refractivity contribution < 1.29 is 10.0 Å². The third-order valence-electron chi connectivity index (χ3n) is 2.01. The molecule has 0 fully saturated rings. The number of benzene rings is 1. The molecule has 0 atom stereocenters. The largest absolute Gasteiger partial charge is 0.281 e. The van der Waals surface area contributed by atoms with E-state index in [1.54, 1.807) is 18.2 Å². The summed E-state index contributed by atoms with van der Waals surface area (Å²) in [4.78, 5) is 11.0. The standard InChI is InChI=1S/C9H6N2O2/c10-5-6-1-2-8-7(3-6)4-9(12)11(8)13/h1-3,13H,4H2. The molecule has 1 aliphatic rings. The van der Waals surface area contributed by atoms with Crippen LogP contribution in [0.5, 0.6) is 0 Å². The van der Waals surface area contributed by atoms with Crippen LogP contribution in [0.4, 0.5) is 5.69 Å². The monoisotopic (exact) mass is 174 g/mol. The van der Waals surface area contributed by atoms with Crippen LogP contribution in [0.2, 0.25) is 0 Å². The number of hydrogen-bond donors (Lipinski definition) is 1. The fourth-order valence-corrected chi connectivity index (χ4v) is 1.38. The van der Waals surface area contributed by atoms with Crippen molar-refractivity contribution in [1.29, 1.82) is 5.26 Å². The molecule has 4 heteroatoms. The Bertz CT molecular complexity index is 420. The Kier molecular flexibility index (Phi) is 1.54. The molecule has 0 unspecified atom stereocenters. The van der Waals surface area contributed by atoms with Crippen molar-refractivity contribution in [2.75, 3.05) is 5.06 Å². The second kappa shape index (κ2) is 2.57. The number of nitriles is 1. The molecule has 1 N–H and O–H groups in total. The van der Waals surface area contributed by atoms with Crippen molar-refractivity contribution in [2.45, 2.75) is 6.42 Å². The summed E-state index contributed by atoms with van der Waals surface area (Å²) < 4.78 is 0. The summed E-state index contributed by atoms with van der Waals surface area (Å²) in [6.45, 7) is 0. The van der Waals surface area contributed by atoms with E-state index in [4.69, 9.17) is 5.26 Å². The van der Waals surface area contributed by atoms with E-state index >= 15 is 0 Å². The van der Waals surface area contributed by atoms with E-state index in [-0.39, 0.29) is 12.3 Å². The van der Waals surface area contributed by atoms with Gasteiger partial charge in [-0.1, -0.05) is 0 Å². The van der Waals surface area contributed by atoms with E-state index in [1.807, 2.05) is 6.07 Å². The normalized spacial score (nSPS) is 14.2. The average Bonchev–Trinajstić information content (AvgIpc) is 2.42. The molecule has 0 saturated carbocycles. The zero-order valence-corrected chi connectivity index (χ0v) is 6.69. The first-order valence-electron chi connectivity index (χ1n) is 3.77. The Labute approximate surface area is 74.6 Å². The third kappa shape index (κ3) is 1.06. The highest BCUT2D eigenvalue weighted by molar-refractivity contribution is 5.99. The Morgan fingerprint density at radius 2 is 2.31 bits per heavy atom. The highest BCUT2D eigenvalue weighted by Crippen LogP contribution is 2.27. The molecule has 0 spiro atoms. The van der Waals surface area contributed by atoms with Gasteiger partial charge in [-0.3, -0.25) is 10.0 Å². The van der Waals surface area contributed by atoms with E-state index in [0.717, 1.165) is 0 Å². The van der Waals surface area contributed by atoms with E-state index in [0.29, 0.717) is 21.9 Å². The second-order valence-electron chi connectivity index (χ2n) is 2.84. The third-order valence-corrected chi connectivity index (χ3v) is 2.01. The summed E-state index contributed by atoms with van der Waals surface area (Å²) in [5, 5.41) is 18.4. The summed E-state index contributed by atoms with van der Waals surface area (Å²) in [6, 6.07) is 6.73. The van der Waals surface area contributed by atoms with Crippen LogP contribution < -0.4 is 5.06 Å². The molecule has 1 aromatic rings. The molecule has 2 rings (SSSR count). The predicted molar refractivity (Wildman–Crippen MR) is 44.1 cm³/mol. The van der Waals surface area contributed by atoms with Crippen molar-refractivity contribution in [3.05, 3.63) is 29.3 Å². The molecular weight excluding hydrogens is 168 g/mol. The number of nitrogens with zero attached hydrogens (tertiary/aromatic N) is 2. The summed E-state index contributed by atoms with van der Waals surface area (Å²) >= 11 is 0. The average molecular weight is 174 g/mol. The fourth-order valence-electron chi connectivity index (χ4n) is 1.38. The van der Waals surface area contributed by atoms with Crippen LogP contribution in [0.1, 0.15) is 11.1 Å². The molecule has 1 aliphatic heterocycles. The molecule has 0 aliphatic carbocycles. The van der Waals surface area contributed by atoms with Gasteiger partial charge in [0.15, 0.2) is 0 Å². The van der Waals surface area contributed by atoms with Crippen LogP contribution in [0, 0.1) is 11.3 Å². The van der Waals surface area contributed by atoms with Gasteiger partial charge in [-0.15, -0.1) is 0 Å². The SMILES string of the molecule is N#Cc1ccc2c(c1)CC(=O)N2O. The van der Waals surface area contributed by atoms with Gasteiger partial charge in [0, 0.05) is 0 Å². The number of amides is 1. The Morgan fingerprint density at radius 1 is 1.54 bits per heavy atom. The van der Waals surface area contributed by atoms with E-state index in [1.165, 1.54) is 0 Å². The molecule has 0 saturated heterocycles. The molecule has 1 heterocycles. The summed E-state index contributed by atoms with van der Waals surface area (Å²) in [6.07, 6.45) is 0.168. The van der Waals surface area contributed by atoms with Gasteiger partial charge in [0.25, 0.3) is 5.91 Å². The fraction of sp³-hybridized carbons (Fsp3) is 0.111. The van der Waals surface area contributed by atoms with Crippen molar-refractivity contribution in [2.24, 2.45) is 0 Å². The van der Waals surface area contributed by atoms with Gasteiger partial charge in [-0.25, -0.2) is 0 Å². The molecule has 4 nitrogen and oxygen atoms in total. The topological polar surface area (TPSA) is 64.3 Å². The minimum absolute atomic E-state index is 0.168. The minimum Gasteiger partial charge on any atom is -0.281 e. The highest BCUT2D eigenvalue weighted by Gasteiger charge is 2.25. The molecule has 0 radical (unpaired) electrons. The highest BCUT2D eigenvalue weighted by atomic mass is 16.5. The number of carbonyl (C=O) groups is 1. The zero-order valence-electron chi connectivity index (χ0n) is 6.69. The van der Waals surface area contributed by atoms with E-state index in [2.05, 4.69) is 0 Å². The zero-order chi connectivity index (χ0) is 9.42. The number of hydrogen-bond acceptors (Lipinski definition) is 3. The van der Waals surface area contributed by atoms with Crippen molar-refractivity contribution in [3.63, 3.8) is 0 Å². The molecule has 13 heavy (non-hydrogen) atoms. The van der Waals surface area contributed by atoms with Gasteiger partial charge in [0.2, 0.25) is 0 Å². The lowest BCUT2D eigenvalue weighted by Gasteiger charge is -2.06. The van der Waals surface area contributed by atoms with Crippen LogP contribution in [0.25, 0.3) is 0 Å². The molecule has 0 aromatic heterocycles. The van der Waals surface area contributed by atoms with Crippen molar-refractivity contribution in [1.82, 2.24) is 0 Å². The van der Waals surface area contributed by atoms with Gasteiger partial charge in [0.1, 0.15) is 0 Å². The lowest BCUT2D eigenvalue weighted by molar-refractivity contribution is -0.122. The molecule has 0 bridgehead atoms. The van der Waals surface area contributed by atoms with Crippen LogP contribution in [-0.2, 0) is 11.2 Å². The van der Waals surface area contributed by atoms with Crippen molar-refractivity contribution >= 4 is 11.6 Å². The van der Waals surface area contributed by atoms with Crippen molar-refractivity contribution in [3.8, 4) is 6.07 Å². The number of anilines is 1. The first-order chi connectivity index (χ1) is 6.22. The smallest absolute Gasteiger partial charge is 0.255 e. The number of rotatable bonds is 0. The predicted octanol–water partition coefficient (Wildman–Crippen LogP) is 0.837. The number of carbonyl (C=O) groups excluding carboxylic acids is 1. The number of fused-ring (bicyclic) bond motifs is 1. The Hall–Kier alpha value is -1.86. The Morgan fingerprint density at radius 3 is 3.00 bits per heavy atom. The molecule has 1 amide bonds. The van der Waals surface area contributed by atoms with E-state index < -0.39 is 0 Å². The minimum atomic E-state index is -0.356. The van der Waals surface area contributed by atoms with Gasteiger partial charge in [0.05, 0.1) is 23.7 Å². The Balaban J connectivity index is 2.54. The molecule has 64 valence electrons. The first kappa shape index (κ1) is 7.77. The lowest BCUT2D eigenvalue weighted by Crippen LogP contribution is -2.21. The van der Waals surface area contributed by atoms with Gasteiger partial charge >= 0.3 is 0 Å². The summed E-state index contributed by atoms with van der Waals surface area (Å²) in [5.74, 6) is -0.356.